The molecule has 0 aromatic rings. The van der Waals surface area contributed by atoms with Crippen LogP contribution in [0.1, 0.15) is 221 Å². The van der Waals surface area contributed by atoms with Gasteiger partial charge in [0.25, 0.3) is 0 Å². The second-order valence-corrected chi connectivity index (χ2v) is 25.7. The fourth-order valence-corrected chi connectivity index (χ4v) is 13.5. The zero-order valence-corrected chi connectivity index (χ0v) is 47.6. The Morgan fingerprint density at radius 3 is 0.894 bits per heavy atom. The molecule has 0 aliphatic carbocycles. The molecular formula is C54H112N4O4S4. The summed E-state index contributed by atoms with van der Waals surface area (Å²) in [6.45, 7) is 22.9. The van der Waals surface area contributed by atoms with E-state index in [0.29, 0.717) is 38.3 Å². The van der Waals surface area contributed by atoms with Crippen LogP contribution in [0.2, 0.25) is 0 Å². The van der Waals surface area contributed by atoms with Gasteiger partial charge in [-0.2, -0.15) is 0 Å². The molecule has 1 fully saturated rings. The van der Waals surface area contributed by atoms with Crippen LogP contribution in [-0.2, 0) is 0 Å². The van der Waals surface area contributed by atoms with E-state index in [1.807, 2.05) is 43.2 Å². The summed E-state index contributed by atoms with van der Waals surface area (Å²) in [5.74, 6) is 4.29. The summed E-state index contributed by atoms with van der Waals surface area (Å²) in [6.07, 6.45) is 32.3. The number of aliphatic hydroxyl groups is 4. The van der Waals surface area contributed by atoms with Crippen LogP contribution in [0.3, 0.4) is 0 Å². The molecular weight excluding hydrogens is 897 g/mol. The van der Waals surface area contributed by atoms with Gasteiger partial charge < -0.3 is 20.4 Å². The molecule has 396 valence electrons. The maximum absolute atomic E-state index is 10.9. The van der Waals surface area contributed by atoms with Crippen molar-refractivity contribution in [3.05, 3.63) is 0 Å². The molecule has 0 radical (unpaired) electrons. The van der Waals surface area contributed by atoms with Crippen LogP contribution in [0.4, 0.5) is 0 Å². The minimum atomic E-state index is -0.305. The third kappa shape index (κ3) is 38.7. The smallest absolute Gasteiger partial charge is 0.0667 e. The normalized spacial score (nSPS) is 18.2. The van der Waals surface area contributed by atoms with Crippen molar-refractivity contribution >= 4 is 43.2 Å². The number of piperazine rings is 1. The number of hydrogen-bond donors (Lipinski definition) is 4. The monoisotopic (exact) mass is 1010 g/mol. The van der Waals surface area contributed by atoms with E-state index in [2.05, 4.69) is 61.1 Å². The zero-order valence-electron chi connectivity index (χ0n) is 44.4. The van der Waals surface area contributed by atoms with Crippen molar-refractivity contribution in [3.63, 3.8) is 0 Å². The maximum atomic E-state index is 10.9. The van der Waals surface area contributed by atoms with E-state index in [1.54, 1.807) is 0 Å². The van der Waals surface area contributed by atoms with Crippen LogP contribution >= 0.6 is 43.2 Å². The van der Waals surface area contributed by atoms with Gasteiger partial charge in [0.2, 0.25) is 0 Å². The Hall–Kier alpha value is 1.08. The highest BCUT2D eigenvalue weighted by Gasteiger charge is 2.28. The van der Waals surface area contributed by atoms with Gasteiger partial charge in [0, 0.05) is 101 Å². The molecule has 0 aromatic carbocycles. The topological polar surface area (TPSA) is 93.9 Å². The van der Waals surface area contributed by atoms with Crippen molar-refractivity contribution < 1.29 is 20.4 Å². The molecule has 6 unspecified atom stereocenters. The van der Waals surface area contributed by atoms with Gasteiger partial charge in [0.1, 0.15) is 0 Å². The van der Waals surface area contributed by atoms with Crippen molar-refractivity contribution in [2.24, 2.45) is 0 Å². The van der Waals surface area contributed by atoms with Gasteiger partial charge in [-0.25, -0.2) is 0 Å². The number of hydrogen-bond acceptors (Lipinski definition) is 12. The quantitative estimate of drug-likeness (QED) is 0.0345. The molecule has 6 atom stereocenters. The second kappa shape index (κ2) is 47.1. The highest BCUT2D eigenvalue weighted by Crippen LogP contribution is 2.26. The molecule has 0 bridgehead atoms. The first-order chi connectivity index (χ1) is 32.1. The Morgan fingerprint density at radius 2 is 0.621 bits per heavy atom. The van der Waals surface area contributed by atoms with Gasteiger partial charge in [-0.3, -0.25) is 19.6 Å². The third-order valence-corrected chi connectivity index (χ3v) is 18.5. The van der Waals surface area contributed by atoms with E-state index in [4.69, 9.17) is 0 Å². The molecule has 4 N–H and O–H groups in total. The van der Waals surface area contributed by atoms with Crippen molar-refractivity contribution in [1.29, 1.82) is 0 Å². The molecule has 12 heteroatoms. The van der Waals surface area contributed by atoms with E-state index >= 15 is 0 Å². The third-order valence-electron chi connectivity index (χ3n) is 13.8. The Labute approximate surface area is 427 Å². The lowest BCUT2D eigenvalue weighted by Gasteiger charge is -2.44. The van der Waals surface area contributed by atoms with Crippen molar-refractivity contribution in [1.82, 2.24) is 19.6 Å². The number of aliphatic hydroxyl groups excluding tert-OH is 4. The van der Waals surface area contributed by atoms with Gasteiger partial charge in [-0.05, 0) is 39.5 Å². The lowest BCUT2D eigenvalue weighted by Crippen LogP contribution is -2.57. The largest absolute Gasteiger partial charge is 0.392 e. The highest BCUT2D eigenvalue weighted by atomic mass is 33.1. The molecule has 0 aromatic heterocycles. The molecule has 0 amide bonds. The van der Waals surface area contributed by atoms with Gasteiger partial charge in [-0.1, -0.05) is 225 Å². The van der Waals surface area contributed by atoms with Crippen molar-refractivity contribution in [3.8, 4) is 0 Å². The van der Waals surface area contributed by atoms with Gasteiger partial charge >= 0.3 is 0 Å². The second-order valence-electron chi connectivity index (χ2n) is 20.3. The summed E-state index contributed by atoms with van der Waals surface area (Å²) in [6, 6.07) is 1.11. The predicted molar refractivity (Wildman–Crippen MR) is 301 cm³/mol. The fourth-order valence-electron chi connectivity index (χ4n) is 9.48. The van der Waals surface area contributed by atoms with Crippen LogP contribution in [0, 0.1) is 0 Å². The summed E-state index contributed by atoms with van der Waals surface area (Å²) in [4.78, 5) is 10.1. The lowest BCUT2D eigenvalue weighted by molar-refractivity contribution is 0.0516. The van der Waals surface area contributed by atoms with Crippen LogP contribution in [0.25, 0.3) is 0 Å². The lowest BCUT2D eigenvalue weighted by atomic mass is 10.1. The molecule has 0 spiro atoms. The predicted octanol–water partition coefficient (Wildman–Crippen LogP) is 13.2. The number of unbranched alkanes of at least 4 members (excludes halogenated alkanes) is 20. The Kier molecular flexibility index (Phi) is 46.5. The zero-order chi connectivity index (χ0) is 48.3. The first-order valence-corrected chi connectivity index (χ1v) is 33.2. The average Bonchev–Trinajstić information content (AvgIpc) is 3.29. The summed E-state index contributed by atoms with van der Waals surface area (Å²) >= 11 is 0. The summed E-state index contributed by atoms with van der Waals surface area (Å²) in [5.41, 5.74) is 0. The molecule has 1 aliphatic heterocycles. The van der Waals surface area contributed by atoms with Crippen LogP contribution in [0.15, 0.2) is 0 Å². The van der Waals surface area contributed by atoms with Gasteiger partial charge in [0.15, 0.2) is 0 Å². The van der Waals surface area contributed by atoms with Crippen molar-refractivity contribution in [2.45, 2.75) is 258 Å². The van der Waals surface area contributed by atoms with E-state index in [-0.39, 0.29) is 24.4 Å². The van der Waals surface area contributed by atoms with Gasteiger partial charge in [0.05, 0.1) is 24.4 Å². The first-order valence-electron chi connectivity index (χ1n) is 28.3. The fraction of sp³-hybridized carbons (Fsp3) is 1.00. The van der Waals surface area contributed by atoms with Crippen molar-refractivity contribution in [2.75, 3.05) is 88.5 Å². The van der Waals surface area contributed by atoms with E-state index in [9.17, 15) is 20.4 Å². The summed E-state index contributed by atoms with van der Waals surface area (Å²) in [7, 11) is 7.91. The van der Waals surface area contributed by atoms with E-state index < -0.39 is 0 Å². The van der Waals surface area contributed by atoms with Crippen LogP contribution in [-0.4, -0.2) is 165 Å². The van der Waals surface area contributed by atoms with Crippen LogP contribution in [0.5, 0.6) is 0 Å². The standard InChI is InChI=1S/C54H112N4O4S4/c1-7-11-15-19-23-27-31-51(59)45-55(46-52(60)32-28-24-20-16-12-8-2)35-39-63-65-41-37-57-43-50(6)58(44-49(57)5)38-42-66-64-40-36-56(47-53(61)33-29-25-21-17-13-9-3)48-54(62)34-30-26-22-18-14-10-4/h49-54,59-62H,7-48H2,1-6H3. The summed E-state index contributed by atoms with van der Waals surface area (Å²) < 4.78 is 0. The number of nitrogens with zero attached hydrogens (tertiary/aromatic N) is 4. The minimum absolute atomic E-state index is 0.305. The Balaban J connectivity index is 2.43. The molecule has 0 saturated carbocycles. The molecule has 1 aliphatic rings. The average molecular weight is 1010 g/mol. The molecule has 1 rings (SSSR count). The van der Waals surface area contributed by atoms with E-state index in [1.165, 1.54) is 128 Å². The summed E-state index contributed by atoms with van der Waals surface area (Å²) in [5, 5.41) is 43.8. The molecule has 1 saturated heterocycles. The number of rotatable bonds is 50. The van der Waals surface area contributed by atoms with Crippen LogP contribution < -0.4 is 0 Å². The van der Waals surface area contributed by atoms with Gasteiger partial charge in [-0.15, -0.1) is 0 Å². The Bertz CT molecular complexity index is 890. The minimum Gasteiger partial charge on any atom is -0.392 e. The first kappa shape index (κ1) is 65.1. The Morgan fingerprint density at radius 1 is 0.379 bits per heavy atom. The molecule has 1 heterocycles. The maximum Gasteiger partial charge on any atom is 0.0667 e. The SMILES string of the molecule is CCCCCCCCC(O)CN(CCSSCCN1CC(C)N(CCSSCCN(CC(O)CCCCCCCC)CC(O)CCCCCCCC)CC1C)CC(O)CCCCCCCC. The molecule has 66 heavy (non-hydrogen) atoms. The van der Waals surface area contributed by atoms with E-state index in [0.717, 1.165) is 114 Å². The highest BCUT2D eigenvalue weighted by molar-refractivity contribution is 8.77. The molecule has 8 nitrogen and oxygen atoms in total.